The highest BCUT2D eigenvalue weighted by atomic mass is 16.5. The van der Waals surface area contributed by atoms with Gasteiger partial charge in [-0.3, -0.25) is 4.79 Å². The zero-order valence-electron chi connectivity index (χ0n) is 16.1. The van der Waals surface area contributed by atoms with Crippen LogP contribution in [-0.4, -0.2) is 30.2 Å². The first kappa shape index (κ1) is 16.7. The van der Waals surface area contributed by atoms with Gasteiger partial charge in [0.25, 0.3) is 0 Å². The molecule has 0 radical (unpaired) electrons. The van der Waals surface area contributed by atoms with E-state index in [1.54, 1.807) is 7.11 Å². The second-order valence-electron chi connectivity index (χ2n) is 10.5. The van der Waals surface area contributed by atoms with Crippen LogP contribution in [0, 0.1) is 39.9 Å². The first-order valence-corrected chi connectivity index (χ1v) is 10.6. The van der Waals surface area contributed by atoms with Crippen LogP contribution in [0.15, 0.2) is 0 Å². The van der Waals surface area contributed by atoms with Gasteiger partial charge in [0.1, 0.15) is 5.78 Å². The van der Waals surface area contributed by atoms with Gasteiger partial charge >= 0.3 is 0 Å². The third-order valence-electron chi connectivity index (χ3n) is 10.2. The van der Waals surface area contributed by atoms with Crippen molar-refractivity contribution in [2.45, 2.75) is 83.8 Å². The van der Waals surface area contributed by atoms with Crippen LogP contribution >= 0.6 is 0 Å². The number of aliphatic hydroxyl groups excluding tert-OH is 1. The smallest absolute Gasteiger partial charge is 0.139 e. The molecular weight excluding hydrogens is 312 g/mol. The van der Waals surface area contributed by atoms with E-state index in [9.17, 15) is 9.90 Å². The number of ketones is 1. The van der Waals surface area contributed by atoms with Gasteiger partial charge in [0, 0.05) is 18.9 Å². The Bertz CT molecular complexity index is 602. The largest absolute Gasteiger partial charge is 0.390 e. The summed E-state index contributed by atoms with van der Waals surface area (Å²) in [6, 6.07) is 0. The Morgan fingerprint density at radius 2 is 1.80 bits per heavy atom. The number of aliphatic hydroxyl groups is 1. The highest BCUT2D eigenvalue weighted by Gasteiger charge is 2.77. The van der Waals surface area contributed by atoms with Crippen molar-refractivity contribution in [1.29, 1.82) is 0 Å². The summed E-state index contributed by atoms with van der Waals surface area (Å²) in [5.74, 6) is 3.47. The maximum absolute atomic E-state index is 12.8. The van der Waals surface area contributed by atoms with E-state index in [-0.39, 0.29) is 23.0 Å². The summed E-state index contributed by atoms with van der Waals surface area (Å²) in [6.45, 7) is 4.81. The van der Waals surface area contributed by atoms with Crippen LogP contribution in [0.25, 0.3) is 0 Å². The molecule has 0 aromatic carbocycles. The average Bonchev–Trinajstić information content (AvgIpc) is 3.16. The quantitative estimate of drug-likeness (QED) is 0.781. The van der Waals surface area contributed by atoms with E-state index >= 15 is 0 Å². The third-order valence-corrected chi connectivity index (χ3v) is 10.2. The van der Waals surface area contributed by atoms with Crippen LogP contribution in [-0.2, 0) is 9.53 Å². The lowest BCUT2D eigenvalue weighted by molar-refractivity contribution is -0.130. The Labute approximate surface area is 151 Å². The van der Waals surface area contributed by atoms with E-state index in [2.05, 4.69) is 13.8 Å². The molecule has 1 N–H and O–H groups in total. The molecule has 2 unspecified atom stereocenters. The SMILES string of the molecule is CO[C@H]1C[C@]2(C)[C@H]3CC[C@]4(C)C(=O)CC[C@@]45C(CC[C@H]2C[C@@H]1O)C5C3. The maximum atomic E-state index is 12.8. The lowest BCUT2D eigenvalue weighted by Gasteiger charge is -2.52. The monoisotopic (exact) mass is 346 g/mol. The fraction of sp³-hybridized carbons (Fsp3) is 0.955. The first-order chi connectivity index (χ1) is 11.9. The van der Waals surface area contributed by atoms with Gasteiger partial charge in [-0.1, -0.05) is 13.8 Å². The molecule has 3 heteroatoms. The minimum Gasteiger partial charge on any atom is -0.390 e. The van der Waals surface area contributed by atoms with Crippen LogP contribution in [0.3, 0.4) is 0 Å². The fourth-order valence-electron chi connectivity index (χ4n) is 8.63. The molecule has 1 spiro atoms. The van der Waals surface area contributed by atoms with Crippen molar-refractivity contribution in [1.82, 2.24) is 0 Å². The number of Topliss-reactive ketones (excluding diaryl/α,β-unsaturated/α-hetero) is 1. The van der Waals surface area contributed by atoms with Gasteiger partial charge in [-0.15, -0.1) is 0 Å². The van der Waals surface area contributed by atoms with Gasteiger partial charge in [0.2, 0.25) is 0 Å². The second-order valence-corrected chi connectivity index (χ2v) is 10.5. The molecule has 0 saturated heterocycles. The third kappa shape index (κ3) is 1.87. The Balaban J connectivity index is 1.52. The molecule has 5 saturated carbocycles. The first-order valence-electron chi connectivity index (χ1n) is 10.6. The van der Waals surface area contributed by atoms with Crippen LogP contribution in [0.1, 0.15) is 71.6 Å². The zero-order valence-corrected chi connectivity index (χ0v) is 16.1. The van der Waals surface area contributed by atoms with Gasteiger partial charge in [-0.2, -0.15) is 0 Å². The van der Waals surface area contributed by atoms with Gasteiger partial charge in [-0.25, -0.2) is 0 Å². The highest BCUT2D eigenvalue weighted by Crippen LogP contribution is 2.81. The predicted molar refractivity (Wildman–Crippen MR) is 96.0 cm³/mol. The number of rotatable bonds is 1. The van der Waals surface area contributed by atoms with Crippen molar-refractivity contribution in [3.8, 4) is 0 Å². The van der Waals surface area contributed by atoms with Crippen LogP contribution in [0.2, 0.25) is 0 Å². The lowest BCUT2D eigenvalue weighted by Crippen LogP contribution is -2.50. The van der Waals surface area contributed by atoms with Gasteiger partial charge in [0.15, 0.2) is 0 Å². The summed E-state index contributed by atoms with van der Waals surface area (Å²) in [6.07, 6.45) is 9.75. The minimum atomic E-state index is -0.298. The summed E-state index contributed by atoms with van der Waals surface area (Å²) in [7, 11) is 1.75. The number of methoxy groups -OCH3 is 1. The van der Waals surface area contributed by atoms with E-state index in [0.29, 0.717) is 23.0 Å². The van der Waals surface area contributed by atoms with Crippen LogP contribution in [0.5, 0.6) is 0 Å². The number of ether oxygens (including phenoxy) is 1. The summed E-state index contributed by atoms with van der Waals surface area (Å²) >= 11 is 0. The van der Waals surface area contributed by atoms with Gasteiger partial charge in [0.05, 0.1) is 12.2 Å². The lowest BCUT2D eigenvalue weighted by atomic mass is 9.55. The van der Waals surface area contributed by atoms with Gasteiger partial charge < -0.3 is 9.84 Å². The van der Waals surface area contributed by atoms with Crippen molar-refractivity contribution in [3.05, 3.63) is 0 Å². The Hall–Kier alpha value is -0.410. The van der Waals surface area contributed by atoms with Crippen molar-refractivity contribution in [2.75, 3.05) is 7.11 Å². The number of carbonyl (C=O) groups is 1. The second kappa shape index (κ2) is 5.10. The molecule has 5 aliphatic rings. The summed E-state index contributed by atoms with van der Waals surface area (Å²) in [5, 5.41) is 10.5. The molecule has 5 rings (SSSR count). The number of hydrogen-bond donors (Lipinski definition) is 1. The zero-order chi connectivity index (χ0) is 17.6. The molecule has 0 amide bonds. The number of hydrogen-bond acceptors (Lipinski definition) is 3. The molecule has 3 nitrogen and oxygen atoms in total. The van der Waals surface area contributed by atoms with Crippen molar-refractivity contribution < 1.29 is 14.6 Å². The van der Waals surface area contributed by atoms with Crippen molar-refractivity contribution >= 4 is 5.78 Å². The molecule has 0 aliphatic heterocycles. The normalized spacial score (nSPS) is 60.1. The van der Waals surface area contributed by atoms with Crippen molar-refractivity contribution in [3.63, 3.8) is 0 Å². The van der Waals surface area contributed by atoms with Crippen LogP contribution < -0.4 is 0 Å². The predicted octanol–water partition coefficient (Wildman–Crippen LogP) is 3.97. The molecule has 0 heterocycles. The Morgan fingerprint density at radius 3 is 2.56 bits per heavy atom. The molecular formula is C22H34O3. The van der Waals surface area contributed by atoms with E-state index in [1.165, 1.54) is 25.7 Å². The maximum Gasteiger partial charge on any atom is 0.139 e. The summed E-state index contributed by atoms with van der Waals surface area (Å²) < 4.78 is 5.67. The Kier molecular flexibility index (Phi) is 3.41. The highest BCUT2D eigenvalue weighted by molar-refractivity contribution is 5.89. The molecule has 9 atom stereocenters. The molecule has 140 valence electrons. The van der Waals surface area contributed by atoms with E-state index < -0.39 is 0 Å². The van der Waals surface area contributed by atoms with Gasteiger partial charge in [-0.05, 0) is 85.9 Å². The van der Waals surface area contributed by atoms with E-state index in [1.807, 2.05) is 0 Å². The molecule has 5 aliphatic carbocycles. The topological polar surface area (TPSA) is 46.5 Å². The minimum absolute atomic E-state index is 0.00962. The fourth-order valence-corrected chi connectivity index (χ4v) is 8.63. The van der Waals surface area contributed by atoms with Crippen LogP contribution in [0.4, 0.5) is 0 Å². The molecule has 25 heavy (non-hydrogen) atoms. The standard InChI is InChI=1S/C22H34O3/c1-20-12-18(25-3)17(23)11-13(20)4-5-15-16-10-14(20)6-8-21(2)19(24)7-9-22(15,16)21/h13-18,23H,4-12H2,1-3H3/t13-,14-,15?,16?,17-,18-,20-,21+,22-/m0/s1. The number of fused-ring (bicyclic) bond motifs is 3. The summed E-state index contributed by atoms with van der Waals surface area (Å²) in [4.78, 5) is 12.8. The van der Waals surface area contributed by atoms with Crippen molar-refractivity contribution in [2.24, 2.45) is 39.9 Å². The number of carbonyl (C=O) groups excluding carboxylic acids is 1. The molecule has 0 aromatic rings. The molecule has 0 aromatic heterocycles. The summed E-state index contributed by atoms with van der Waals surface area (Å²) in [5.41, 5.74) is 0.587. The molecule has 5 fully saturated rings. The van der Waals surface area contributed by atoms with E-state index in [4.69, 9.17) is 4.74 Å². The average molecular weight is 347 g/mol. The molecule has 2 bridgehead atoms. The Morgan fingerprint density at radius 1 is 1.04 bits per heavy atom. The van der Waals surface area contributed by atoms with E-state index in [0.717, 1.165) is 43.9 Å².